The van der Waals surface area contributed by atoms with E-state index in [1.54, 1.807) is 23.8 Å². The van der Waals surface area contributed by atoms with Gasteiger partial charge in [0, 0.05) is 18.9 Å². The van der Waals surface area contributed by atoms with Gasteiger partial charge in [-0.3, -0.25) is 4.79 Å². The third-order valence-corrected chi connectivity index (χ3v) is 4.19. The van der Waals surface area contributed by atoms with Crippen LogP contribution in [0.2, 0.25) is 0 Å². The van der Waals surface area contributed by atoms with E-state index < -0.39 is 0 Å². The number of carbonyl (C=O) groups excluding carboxylic acids is 1. The van der Waals surface area contributed by atoms with Gasteiger partial charge in [0.1, 0.15) is 0 Å². The molecule has 2 atom stereocenters. The Bertz CT molecular complexity index is 673. The molecule has 0 fully saturated rings. The lowest BCUT2D eigenvalue weighted by atomic mass is 10.00. The second-order valence-electron chi connectivity index (χ2n) is 5.86. The lowest BCUT2D eigenvalue weighted by molar-refractivity contribution is -0.122. The zero-order valence-electron chi connectivity index (χ0n) is 14.4. The van der Waals surface area contributed by atoms with E-state index >= 15 is 0 Å². The van der Waals surface area contributed by atoms with Crippen LogP contribution in [-0.4, -0.2) is 50.6 Å². The number of nitrogens with zero attached hydrogens (tertiary/aromatic N) is 4. The van der Waals surface area contributed by atoms with Crippen LogP contribution >= 0.6 is 0 Å². The minimum atomic E-state index is -0.192. The topological polar surface area (TPSA) is 102 Å². The zero-order chi connectivity index (χ0) is 17.5. The molecule has 2 aromatic rings. The number of hydrogen-bond donors (Lipinski definition) is 2. The van der Waals surface area contributed by atoms with Crippen molar-refractivity contribution in [2.24, 2.45) is 5.92 Å². The van der Waals surface area contributed by atoms with Crippen molar-refractivity contribution in [3.8, 4) is 5.88 Å². The number of aliphatic hydroxyl groups excluding tert-OH is 1. The molecule has 0 aliphatic rings. The first kappa shape index (κ1) is 18.1. The first-order valence-corrected chi connectivity index (χ1v) is 8.24. The molecule has 0 saturated carbocycles. The molecule has 0 aliphatic carbocycles. The van der Waals surface area contributed by atoms with Crippen molar-refractivity contribution >= 4 is 11.6 Å². The Kier molecular flexibility index (Phi) is 6.48. The summed E-state index contributed by atoms with van der Waals surface area (Å²) in [5.41, 5.74) is 0.646. The number of hydrogen-bond acceptors (Lipinski definition) is 6. The summed E-state index contributed by atoms with van der Waals surface area (Å²) >= 11 is 0. The molecular weight excluding hydrogens is 310 g/mol. The summed E-state index contributed by atoms with van der Waals surface area (Å²) in [6.45, 7) is 4.01. The molecule has 2 heterocycles. The number of aliphatic hydroxyl groups is 1. The number of aromatic nitrogens is 4. The summed E-state index contributed by atoms with van der Waals surface area (Å²) < 4.78 is 6.73. The standard InChI is InChI=1S/C16H25N5O3/c1-4-11(2)12(10-22)17-15(23)7-5-6-13-18-19-14-8-9-16(24-3)20-21(13)14/h8-9,11-12,22H,4-7,10H2,1-3H3,(H,17,23)/t11-,12-/m0/s1. The molecule has 0 saturated heterocycles. The number of amides is 1. The van der Waals surface area contributed by atoms with E-state index in [4.69, 9.17) is 4.74 Å². The van der Waals surface area contributed by atoms with E-state index in [0.717, 1.165) is 6.42 Å². The highest BCUT2D eigenvalue weighted by atomic mass is 16.5. The van der Waals surface area contributed by atoms with E-state index in [9.17, 15) is 9.90 Å². The molecule has 2 N–H and O–H groups in total. The van der Waals surface area contributed by atoms with Crippen molar-refractivity contribution in [1.29, 1.82) is 0 Å². The Hall–Kier alpha value is -2.22. The number of carbonyl (C=O) groups is 1. The molecule has 8 heteroatoms. The Balaban J connectivity index is 1.89. The fraction of sp³-hybridized carbons (Fsp3) is 0.625. The second kappa shape index (κ2) is 8.58. The van der Waals surface area contributed by atoms with Gasteiger partial charge < -0.3 is 15.2 Å². The summed E-state index contributed by atoms with van der Waals surface area (Å²) in [4.78, 5) is 12.0. The molecule has 1 amide bonds. The van der Waals surface area contributed by atoms with Crippen LogP contribution in [0.25, 0.3) is 5.65 Å². The van der Waals surface area contributed by atoms with Crippen LogP contribution in [0.3, 0.4) is 0 Å². The normalized spacial score (nSPS) is 13.7. The number of fused-ring (bicyclic) bond motifs is 1. The van der Waals surface area contributed by atoms with Crippen molar-refractivity contribution in [2.75, 3.05) is 13.7 Å². The van der Waals surface area contributed by atoms with Crippen LogP contribution in [0, 0.1) is 5.92 Å². The number of aryl methyl sites for hydroxylation is 1. The lowest BCUT2D eigenvalue weighted by Gasteiger charge is -2.22. The summed E-state index contributed by atoms with van der Waals surface area (Å²) in [5.74, 6) is 1.36. The number of methoxy groups -OCH3 is 1. The molecule has 132 valence electrons. The van der Waals surface area contributed by atoms with Gasteiger partial charge in [-0.15, -0.1) is 15.3 Å². The molecule has 0 bridgehead atoms. The quantitative estimate of drug-likeness (QED) is 0.708. The first-order valence-electron chi connectivity index (χ1n) is 8.24. The number of ether oxygens (including phenoxy) is 1. The summed E-state index contributed by atoms with van der Waals surface area (Å²) in [6.07, 6.45) is 2.49. The van der Waals surface area contributed by atoms with Crippen molar-refractivity contribution in [2.45, 2.75) is 45.6 Å². The highest BCUT2D eigenvalue weighted by Crippen LogP contribution is 2.11. The van der Waals surface area contributed by atoms with Crippen LogP contribution in [0.15, 0.2) is 12.1 Å². The van der Waals surface area contributed by atoms with Gasteiger partial charge in [-0.05, 0) is 18.4 Å². The predicted molar refractivity (Wildman–Crippen MR) is 88.7 cm³/mol. The molecule has 0 unspecified atom stereocenters. The van der Waals surface area contributed by atoms with Gasteiger partial charge in [-0.25, -0.2) is 0 Å². The Morgan fingerprint density at radius 1 is 1.42 bits per heavy atom. The van der Waals surface area contributed by atoms with Gasteiger partial charge in [0.2, 0.25) is 11.8 Å². The Labute approximate surface area is 141 Å². The van der Waals surface area contributed by atoms with Gasteiger partial charge in [0.05, 0.1) is 19.8 Å². The molecule has 2 rings (SSSR count). The van der Waals surface area contributed by atoms with Gasteiger partial charge in [-0.2, -0.15) is 4.52 Å². The van der Waals surface area contributed by atoms with Gasteiger partial charge in [0.25, 0.3) is 0 Å². The molecule has 0 spiro atoms. The van der Waals surface area contributed by atoms with E-state index in [2.05, 4.69) is 20.6 Å². The number of nitrogens with one attached hydrogen (secondary N) is 1. The highest BCUT2D eigenvalue weighted by molar-refractivity contribution is 5.76. The Morgan fingerprint density at radius 3 is 2.88 bits per heavy atom. The van der Waals surface area contributed by atoms with Crippen molar-refractivity contribution in [1.82, 2.24) is 25.1 Å². The molecule has 8 nitrogen and oxygen atoms in total. The Morgan fingerprint density at radius 2 is 2.21 bits per heavy atom. The summed E-state index contributed by atoms with van der Waals surface area (Å²) in [5, 5.41) is 24.7. The summed E-state index contributed by atoms with van der Waals surface area (Å²) in [6, 6.07) is 3.32. The minimum Gasteiger partial charge on any atom is -0.480 e. The third-order valence-electron chi connectivity index (χ3n) is 4.19. The van der Waals surface area contributed by atoms with E-state index in [1.165, 1.54) is 0 Å². The molecule has 24 heavy (non-hydrogen) atoms. The smallest absolute Gasteiger partial charge is 0.231 e. The monoisotopic (exact) mass is 335 g/mol. The van der Waals surface area contributed by atoms with Crippen LogP contribution in [0.1, 0.15) is 38.9 Å². The van der Waals surface area contributed by atoms with Crippen LogP contribution in [-0.2, 0) is 11.2 Å². The molecule has 2 aromatic heterocycles. The molecule has 0 aromatic carbocycles. The van der Waals surface area contributed by atoms with Crippen molar-refractivity contribution in [3.05, 3.63) is 18.0 Å². The number of rotatable bonds is 9. The fourth-order valence-electron chi connectivity index (χ4n) is 2.42. The second-order valence-corrected chi connectivity index (χ2v) is 5.86. The van der Waals surface area contributed by atoms with E-state index in [1.807, 2.05) is 13.8 Å². The highest BCUT2D eigenvalue weighted by Gasteiger charge is 2.17. The van der Waals surface area contributed by atoms with Crippen LogP contribution < -0.4 is 10.1 Å². The average Bonchev–Trinajstić information content (AvgIpc) is 3.01. The van der Waals surface area contributed by atoms with Crippen LogP contribution in [0.5, 0.6) is 5.88 Å². The largest absolute Gasteiger partial charge is 0.480 e. The van der Waals surface area contributed by atoms with Gasteiger partial charge in [0.15, 0.2) is 11.5 Å². The third kappa shape index (κ3) is 4.41. The molecular formula is C16H25N5O3. The maximum Gasteiger partial charge on any atom is 0.231 e. The average molecular weight is 335 g/mol. The van der Waals surface area contributed by atoms with Gasteiger partial charge >= 0.3 is 0 Å². The van der Waals surface area contributed by atoms with Gasteiger partial charge in [-0.1, -0.05) is 20.3 Å². The van der Waals surface area contributed by atoms with E-state index in [0.29, 0.717) is 36.6 Å². The predicted octanol–water partition coefficient (Wildman–Crippen LogP) is 0.979. The summed E-state index contributed by atoms with van der Waals surface area (Å²) in [7, 11) is 1.55. The van der Waals surface area contributed by atoms with E-state index in [-0.39, 0.29) is 24.5 Å². The zero-order valence-corrected chi connectivity index (χ0v) is 14.4. The first-order chi connectivity index (χ1) is 11.6. The van der Waals surface area contributed by atoms with Crippen molar-refractivity contribution in [3.63, 3.8) is 0 Å². The lowest BCUT2D eigenvalue weighted by Crippen LogP contribution is -2.41. The van der Waals surface area contributed by atoms with Crippen molar-refractivity contribution < 1.29 is 14.6 Å². The maximum absolute atomic E-state index is 12.0. The van der Waals surface area contributed by atoms with Crippen LogP contribution in [0.4, 0.5) is 0 Å². The molecule has 0 aliphatic heterocycles. The maximum atomic E-state index is 12.0. The molecule has 0 radical (unpaired) electrons. The minimum absolute atomic E-state index is 0.0424. The SMILES string of the molecule is CC[C@H](C)[C@H](CO)NC(=O)CCCc1nnc2ccc(OC)nn12. The fourth-order valence-corrected chi connectivity index (χ4v) is 2.42.